The van der Waals surface area contributed by atoms with Crippen molar-refractivity contribution in [3.8, 4) is 5.75 Å². The van der Waals surface area contributed by atoms with Gasteiger partial charge in [-0.3, -0.25) is 10.3 Å². The van der Waals surface area contributed by atoms with Crippen molar-refractivity contribution in [3.05, 3.63) is 42.5 Å². The van der Waals surface area contributed by atoms with Gasteiger partial charge in [-0.15, -0.1) is 0 Å². The Hall–Kier alpha value is -1.74. The highest BCUT2D eigenvalue weighted by Gasteiger charge is 2.09. The van der Waals surface area contributed by atoms with Crippen LogP contribution in [-0.4, -0.2) is 12.7 Å². The Bertz CT molecular complexity index is 523. The van der Waals surface area contributed by atoms with Gasteiger partial charge in [-0.05, 0) is 50.0 Å². The Morgan fingerprint density at radius 3 is 2.71 bits per heavy atom. The van der Waals surface area contributed by atoms with Gasteiger partial charge in [0, 0.05) is 0 Å². The Balaban J connectivity index is 2.77. The first-order chi connectivity index (χ1) is 11.6. The zero-order valence-corrected chi connectivity index (χ0v) is 15.7. The van der Waals surface area contributed by atoms with E-state index in [0.29, 0.717) is 6.61 Å². The molecule has 3 nitrogen and oxygen atoms in total. The second kappa shape index (κ2) is 11.7. The number of nitrogens with one attached hydrogen (secondary N) is 1. The molecule has 24 heavy (non-hydrogen) atoms. The van der Waals surface area contributed by atoms with Crippen molar-refractivity contribution in [3.63, 3.8) is 0 Å². The predicted octanol–water partition coefficient (Wildman–Crippen LogP) is 6.38. The van der Waals surface area contributed by atoms with Gasteiger partial charge in [0.05, 0.1) is 12.7 Å². The fraction of sp³-hybridized carbons (Fsp3) is 0.524. The van der Waals surface area contributed by atoms with E-state index in [2.05, 4.69) is 51.9 Å². The van der Waals surface area contributed by atoms with Gasteiger partial charge in [0.25, 0.3) is 0 Å². The largest absolute Gasteiger partial charge is 0.488 e. The molecular weight excluding hydrogens is 298 g/mol. The highest BCUT2D eigenvalue weighted by molar-refractivity contribution is 5.70. The average molecular weight is 332 g/mol. The zero-order valence-electron chi connectivity index (χ0n) is 15.7. The van der Waals surface area contributed by atoms with Crippen molar-refractivity contribution in [1.82, 2.24) is 0 Å². The molecule has 0 heterocycles. The maximum Gasteiger partial charge on any atom is 0.145 e. The number of benzene rings is 1. The molecule has 1 unspecified atom stereocenters. The fourth-order valence-electron chi connectivity index (χ4n) is 2.25. The van der Waals surface area contributed by atoms with Gasteiger partial charge in [0.2, 0.25) is 0 Å². The number of ether oxygens (including phenoxy) is 1. The third-order valence-electron chi connectivity index (χ3n) is 3.99. The van der Waals surface area contributed by atoms with Crippen molar-refractivity contribution in [2.24, 2.45) is 0 Å². The molecule has 0 aliphatic carbocycles. The molecule has 0 aliphatic rings. The summed E-state index contributed by atoms with van der Waals surface area (Å²) in [6, 6.07) is 6.14. The van der Waals surface area contributed by atoms with Crippen LogP contribution < -0.4 is 10.2 Å². The molecular formula is C21H33NO2. The summed E-state index contributed by atoms with van der Waals surface area (Å²) in [5.74, 6) is 0.826. The van der Waals surface area contributed by atoms with E-state index in [-0.39, 0.29) is 6.10 Å². The van der Waals surface area contributed by atoms with E-state index >= 15 is 0 Å². The van der Waals surface area contributed by atoms with Gasteiger partial charge in [0.15, 0.2) is 0 Å². The summed E-state index contributed by atoms with van der Waals surface area (Å²) in [5, 5.41) is 0. The molecule has 1 aromatic carbocycles. The predicted molar refractivity (Wildman–Crippen MR) is 104 cm³/mol. The van der Waals surface area contributed by atoms with E-state index < -0.39 is 0 Å². The van der Waals surface area contributed by atoms with Crippen LogP contribution in [0, 0.1) is 0 Å². The number of unbranched alkanes of at least 4 members (excludes halogenated alkanes) is 3. The summed E-state index contributed by atoms with van der Waals surface area (Å²) in [7, 11) is 0. The summed E-state index contributed by atoms with van der Waals surface area (Å²) in [4.78, 5) is 5.61. The first-order valence-corrected chi connectivity index (χ1v) is 9.10. The lowest BCUT2D eigenvalue weighted by molar-refractivity contribution is 0.181. The normalized spacial score (nSPS) is 12.8. The van der Waals surface area contributed by atoms with E-state index in [1.807, 2.05) is 12.1 Å². The summed E-state index contributed by atoms with van der Waals surface area (Å²) < 4.78 is 6.06. The summed E-state index contributed by atoms with van der Waals surface area (Å²) in [5.41, 5.74) is 6.21. The Kier molecular flexibility index (Phi) is 9.94. The maximum absolute atomic E-state index is 6.06. The van der Waals surface area contributed by atoms with Crippen molar-refractivity contribution < 1.29 is 9.57 Å². The SMILES string of the molecule is C=C/C=C(\C)c1ccc(NOCCCCCC)c(OC(C)CC)c1. The molecule has 1 N–H and O–H groups in total. The fourth-order valence-corrected chi connectivity index (χ4v) is 2.25. The van der Waals surface area contributed by atoms with Crippen LogP contribution in [0.3, 0.4) is 0 Å². The standard InChI is InChI=1S/C21H33NO2/c1-6-9-10-11-15-23-22-20-14-13-19(17(4)12-7-2)16-21(20)24-18(5)8-3/h7,12-14,16,18,22H,2,6,8-11,15H2,1,3-5H3/b17-12+. The average Bonchev–Trinajstić information content (AvgIpc) is 2.59. The molecule has 1 atom stereocenters. The summed E-state index contributed by atoms with van der Waals surface area (Å²) >= 11 is 0. The van der Waals surface area contributed by atoms with Crippen LogP contribution in [0.4, 0.5) is 5.69 Å². The van der Waals surface area contributed by atoms with Crippen LogP contribution in [0.25, 0.3) is 5.57 Å². The quantitative estimate of drug-likeness (QED) is 0.274. The Morgan fingerprint density at radius 2 is 2.04 bits per heavy atom. The first-order valence-electron chi connectivity index (χ1n) is 9.10. The molecule has 3 heteroatoms. The molecule has 0 fully saturated rings. The number of rotatable bonds is 12. The molecule has 0 bridgehead atoms. The van der Waals surface area contributed by atoms with E-state index in [9.17, 15) is 0 Å². The second-order valence-electron chi connectivity index (χ2n) is 6.14. The third-order valence-corrected chi connectivity index (χ3v) is 3.99. The second-order valence-corrected chi connectivity index (χ2v) is 6.14. The minimum absolute atomic E-state index is 0.161. The van der Waals surface area contributed by atoms with Crippen LogP contribution in [0.5, 0.6) is 5.75 Å². The lowest BCUT2D eigenvalue weighted by Crippen LogP contribution is -2.12. The molecule has 0 radical (unpaired) electrons. The van der Waals surface area contributed by atoms with E-state index in [1.54, 1.807) is 6.08 Å². The van der Waals surface area contributed by atoms with Crippen LogP contribution in [0.2, 0.25) is 0 Å². The van der Waals surface area contributed by atoms with Crippen LogP contribution >= 0.6 is 0 Å². The lowest BCUT2D eigenvalue weighted by atomic mass is 10.1. The van der Waals surface area contributed by atoms with Crippen molar-refractivity contribution >= 4 is 11.3 Å². The smallest absolute Gasteiger partial charge is 0.145 e. The minimum atomic E-state index is 0.161. The molecule has 0 aromatic heterocycles. The van der Waals surface area contributed by atoms with Gasteiger partial charge < -0.3 is 4.74 Å². The number of hydrogen-bond donors (Lipinski definition) is 1. The van der Waals surface area contributed by atoms with Gasteiger partial charge in [0.1, 0.15) is 11.4 Å². The van der Waals surface area contributed by atoms with E-state index in [4.69, 9.17) is 9.57 Å². The van der Waals surface area contributed by atoms with Crippen molar-refractivity contribution in [2.75, 3.05) is 12.1 Å². The topological polar surface area (TPSA) is 30.5 Å². The molecule has 0 saturated heterocycles. The van der Waals surface area contributed by atoms with Crippen LogP contribution in [0.1, 0.15) is 65.4 Å². The third kappa shape index (κ3) is 7.22. The van der Waals surface area contributed by atoms with Crippen LogP contribution in [0.15, 0.2) is 36.9 Å². The lowest BCUT2D eigenvalue weighted by Gasteiger charge is -2.18. The minimum Gasteiger partial charge on any atom is -0.488 e. The van der Waals surface area contributed by atoms with Crippen molar-refractivity contribution in [2.45, 2.75) is 65.9 Å². The molecule has 1 aromatic rings. The number of allylic oxidation sites excluding steroid dienone is 3. The highest BCUT2D eigenvalue weighted by Crippen LogP contribution is 2.30. The molecule has 0 saturated carbocycles. The van der Waals surface area contributed by atoms with Gasteiger partial charge in [-0.2, -0.15) is 0 Å². The number of anilines is 1. The van der Waals surface area contributed by atoms with E-state index in [0.717, 1.165) is 35.4 Å². The zero-order chi connectivity index (χ0) is 17.8. The van der Waals surface area contributed by atoms with Gasteiger partial charge in [-0.1, -0.05) is 57.9 Å². The number of hydrogen-bond acceptors (Lipinski definition) is 3. The molecule has 0 amide bonds. The molecule has 1 rings (SSSR count). The van der Waals surface area contributed by atoms with Crippen molar-refractivity contribution in [1.29, 1.82) is 0 Å². The molecule has 134 valence electrons. The summed E-state index contributed by atoms with van der Waals surface area (Å²) in [6.45, 7) is 12.9. The van der Waals surface area contributed by atoms with Gasteiger partial charge in [-0.25, -0.2) is 0 Å². The highest BCUT2D eigenvalue weighted by atomic mass is 16.6. The molecule has 0 aliphatic heterocycles. The Labute approximate surface area is 147 Å². The van der Waals surface area contributed by atoms with Crippen LogP contribution in [-0.2, 0) is 4.84 Å². The monoisotopic (exact) mass is 331 g/mol. The van der Waals surface area contributed by atoms with Gasteiger partial charge >= 0.3 is 0 Å². The first kappa shape index (κ1) is 20.3. The Morgan fingerprint density at radius 1 is 1.25 bits per heavy atom. The summed E-state index contributed by atoms with van der Waals surface area (Å²) in [6.07, 6.45) is 9.70. The van der Waals surface area contributed by atoms with E-state index in [1.165, 1.54) is 19.3 Å². The molecule has 0 spiro atoms. The maximum atomic E-state index is 6.06.